The van der Waals surface area contributed by atoms with Crippen molar-refractivity contribution >= 4 is 11.8 Å². The third-order valence-electron chi connectivity index (χ3n) is 7.16. The standard InChI is InChI=1S/C33H48N2OS/c1-4-5-6-7-8-9-10-11-23-37-33-34-24-31(25-35-33)30-19-21-32(22-20-30)36-26-29-17-15-28(16-18-29)14-12-13-27(2)3/h13,15,19-22,24-25,29H,4-12,14,16-18,23,26H2,1-3H3. The van der Waals surface area contributed by atoms with Crippen molar-refractivity contribution in [1.29, 1.82) is 0 Å². The summed E-state index contributed by atoms with van der Waals surface area (Å²) in [7, 11) is 0. The second-order valence-electron chi connectivity index (χ2n) is 10.7. The summed E-state index contributed by atoms with van der Waals surface area (Å²) in [5, 5.41) is 0.883. The number of unbranched alkanes of at least 4 members (excludes halogenated alkanes) is 7. The van der Waals surface area contributed by atoms with Crippen LogP contribution in [0.1, 0.15) is 104 Å². The molecule has 1 atom stereocenters. The molecule has 1 aromatic carbocycles. The summed E-state index contributed by atoms with van der Waals surface area (Å²) in [5.41, 5.74) is 5.23. The molecule has 1 aliphatic carbocycles. The molecule has 0 aliphatic heterocycles. The van der Waals surface area contributed by atoms with Gasteiger partial charge in [0.1, 0.15) is 5.75 Å². The summed E-state index contributed by atoms with van der Waals surface area (Å²) in [4.78, 5) is 9.18. The van der Waals surface area contributed by atoms with Crippen LogP contribution < -0.4 is 4.74 Å². The zero-order valence-electron chi connectivity index (χ0n) is 23.5. The number of hydrogen-bond donors (Lipinski definition) is 0. The average molecular weight is 521 g/mol. The van der Waals surface area contributed by atoms with Crippen molar-refractivity contribution in [2.45, 2.75) is 109 Å². The molecule has 0 saturated heterocycles. The minimum Gasteiger partial charge on any atom is -0.493 e. The molecule has 0 bridgehead atoms. The Morgan fingerprint density at radius 3 is 2.30 bits per heavy atom. The summed E-state index contributed by atoms with van der Waals surface area (Å²) >= 11 is 1.77. The second kappa shape index (κ2) is 17.4. The predicted molar refractivity (Wildman–Crippen MR) is 160 cm³/mol. The zero-order chi connectivity index (χ0) is 26.1. The number of rotatable bonds is 17. The maximum absolute atomic E-state index is 6.13. The van der Waals surface area contributed by atoms with Crippen LogP contribution in [0.4, 0.5) is 0 Å². The Morgan fingerprint density at radius 1 is 0.946 bits per heavy atom. The largest absolute Gasteiger partial charge is 0.493 e. The molecule has 1 unspecified atom stereocenters. The van der Waals surface area contributed by atoms with Crippen LogP contribution in [0.5, 0.6) is 5.75 Å². The Balaban J connectivity index is 1.33. The monoisotopic (exact) mass is 520 g/mol. The van der Waals surface area contributed by atoms with E-state index in [-0.39, 0.29) is 0 Å². The molecule has 0 saturated carbocycles. The Labute approximate surface area is 230 Å². The molecule has 0 N–H and O–H groups in total. The van der Waals surface area contributed by atoms with Gasteiger partial charge in [-0.3, -0.25) is 0 Å². The van der Waals surface area contributed by atoms with Gasteiger partial charge in [-0.1, -0.05) is 99.1 Å². The van der Waals surface area contributed by atoms with E-state index in [0.29, 0.717) is 5.92 Å². The molecule has 1 heterocycles. The van der Waals surface area contributed by atoms with E-state index >= 15 is 0 Å². The van der Waals surface area contributed by atoms with Gasteiger partial charge in [0.05, 0.1) is 6.61 Å². The fourth-order valence-electron chi connectivity index (χ4n) is 4.76. The van der Waals surface area contributed by atoms with Gasteiger partial charge in [0, 0.05) is 23.7 Å². The number of allylic oxidation sites excluding steroid dienone is 4. The summed E-state index contributed by atoms with van der Waals surface area (Å²) in [5.74, 6) is 2.67. The molecular formula is C33H48N2OS. The number of nitrogens with zero attached hydrogens (tertiary/aromatic N) is 2. The van der Waals surface area contributed by atoms with E-state index < -0.39 is 0 Å². The lowest BCUT2D eigenvalue weighted by Crippen LogP contribution is -2.14. The van der Waals surface area contributed by atoms with E-state index in [2.05, 4.69) is 67.2 Å². The molecule has 1 aliphatic rings. The van der Waals surface area contributed by atoms with Crippen LogP contribution in [0.2, 0.25) is 0 Å². The Kier molecular flexibility index (Phi) is 13.9. The lowest BCUT2D eigenvalue weighted by atomic mass is 9.88. The minimum atomic E-state index is 0.621. The quantitative estimate of drug-likeness (QED) is 0.0899. The van der Waals surface area contributed by atoms with Crippen molar-refractivity contribution in [3.63, 3.8) is 0 Å². The number of hydrogen-bond acceptors (Lipinski definition) is 4. The first kappa shape index (κ1) is 29.5. The maximum Gasteiger partial charge on any atom is 0.187 e. The lowest BCUT2D eigenvalue weighted by molar-refractivity contribution is 0.237. The summed E-state index contributed by atoms with van der Waals surface area (Å²) < 4.78 is 6.13. The molecule has 202 valence electrons. The highest BCUT2D eigenvalue weighted by Gasteiger charge is 2.15. The van der Waals surface area contributed by atoms with Crippen molar-refractivity contribution in [3.05, 3.63) is 60.0 Å². The SMILES string of the molecule is CCCCCCCCCCSc1ncc(-c2ccc(OCC3CC=C(CCC=C(C)C)CC3)cc2)cn1. The minimum absolute atomic E-state index is 0.621. The summed E-state index contributed by atoms with van der Waals surface area (Å²) in [6.07, 6.45) is 25.5. The molecule has 0 amide bonds. The van der Waals surface area contributed by atoms with Crippen molar-refractivity contribution in [2.24, 2.45) is 5.92 Å². The molecule has 3 rings (SSSR count). The number of benzene rings is 1. The number of aromatic nitrogens is 2. The average Bonchev–Trinajstić information content (AvgIpc) is 2.92. The molecule has 0 spiro atoms. The van der Waals surface area contributed by atoms with Crippen LogP contribution in [0.3, 0.4) is 0 Å². The van der Waals surface area contributed by atoms with Gasteiger partial charge in [-0.2, -0.15) is 0 Å². The first-order valence-electron chi connectivity index (χ1n) is 14.6. The van der Waals surface area contributed by atoms with Crippen molar-refractivity contribution < 1.29 is 4.74 Å². The van der Waals surface area contributed by atoms with Gasteiger partial charge in [0.15, 0.2) is 5.16 Å². The van der Waals surface area contributed by atoms with Crippen molar-refractivity contribution in [3.8, 4) is 16.9 Å². The summed E-state index contributed by atoms with van der Waals surface area (Å²) in [6.45, 7) is 7.43. The highest BCUT2D eigenvalue weighted by atomic mass is 32.2. The van der Waals surface area contributed by atoms with Crippen molar-refractivity contribution in [2.75, 3.05) is 12.4 Å². The molecule has 0 fully saturated rings. The molecule has 3 nitrogen and oxygen atoms in total. The van der Waals surface area contributed by atoms with Crippen LogP contribution in [0.15, 0.2) is 65.1 Å². The summed E-state index contributed by atoms with van der Waals surface area (Å²) in [6, 6.07) is 8.38. The van der Waals surface area contributed by atoms with Crippen LogP contribution >= 0.6 is 11.8 Å². The Bertz CT molecular complexity index is 945. The van der Waals surface area contributed by atoms with Crippen LogP contribution in [-0.4, -0.2) is 22.3 Å². The zero-order valence-corrected chi connectivity index (χ0v) is 24.3. The highest BCUT2D eigenvalue weighted by molar-refractivity contribution is 7.99. The number of ether oxygens (including phenoxy) is 1. The molecule has 2 aromatic rings. The van der Waals surface area contributed by atoms with Gasteiger partial charge in [0.25, 0.3) is 0 Å². The fourth-order valence-corrected chi connectivity index (χ4v) is 5.55. The predicted octanol–water partition coefficient (Wildman–Crippen LogP) is 10.2. The molecular weight excluding hydrogens is 472 g/mol. The molecule has 1 aromatic heterocycles. The number of thioether (sulfide) groups is 1. The Hall–Kier alpha value is -2.07. The van der Waals surface area contributed by atoms with Crippen LogP contribution in [0.25, 0.3) is 11.1 Å². The van der Waals surface area contributed by atoms with E-state index in [9.17, 15) is 0 Å². The van der Waals surface area contributed by atoms with Gasteiger partial charge in [-0.05, 0) is 76.0 Å². The van der Waals surface area contributed by atoms with Gasteiger partial charge in [-0.25, -0.2) is 9.97 Å². The van der Waals surface area contributed by atoms with E-state index in [1.165, 1.54) is 82.6 Å². The first-order chi connectivity index (χ1) is 18.1. The third-order valence-corrected chi connectivity index (χ3v) is 8.12. The van der Waals surface area contributed by atoms with Crippen molar-refractivity contribution in [1.82, 2.24) is 9.97 Å². The second-order valence-corrected chi connectivity index (χ2v) is 11.8. The highest BCUT2D eigenvalue weighted by Crippen LogP contribution is 2.28. The molecule has 37 heavy (non-hydrogen) atoms. The maximum atomic E-state index is 6.13. The van der Waals surface area contributed by atoms with Gasteiger partial charge in [0.2, 0.25) is 0 Å². The Morgan fingerprint density at radius 2 is 1.65 bits per heavy atom. The lowest BCUT2D eigenvalue weighted by Gasteiger charge is -2.22. The van der Waals surface area contributed by atoms with Gasteiger partial charge in [-0.15, -0.1) is 0 Å². The normalized spacial score (nSPS) is 15.3. The van der Waals surface area contributed by atoms with E-state index in [1.807, 2.05) is 12.4 Å². The van der Waals surface area contributed by atoms with E-state index in [0.717, 1.165) is 40.8 Å². The van der Waals surface area contributed by atoms with Gasteiger partial charge < -0.3 is 4.74 Å². The first-order valence-corrected chi connectivity index (χ1v) is 15.6. The topological polar surface area (TPSA) is 35.0 Å². The van der Waals surface area contributed by atoms with E-state index in [1.54, 1.807) is 17.3 Å². The smallest absolute Gasteiger partial charge is 0.187 e. The third kappa shape index (κ3) is 11.9. The van der Waals surface area contributed by atoms with E-state index in [4.69, 9.17) is 4.74 Å². The fraction of sp³-hybridized carbons (Fsp3) is 0.576. The van der Waals surface area contributed by atoms with Crippen LogP contribution in [-0.2, 0) is 0 Å². The van der Waals surface area contributed by atoms with Crippen LogP contribution in [0, 0.1) is 5.92 Å². The van der Waals surface area contributed by atoms with Gasteiger partial charge >= 0.3 is 0 Å². The molecule has 0 radical (unpaired) electrons. The molecule has 4 heteroatoms.